The normalized spacial score (nSPS) is 20.1. The van der Waals surface area contributed by atoms with Crippen LogP contribution in [0.4, 0.5) is 5.69 Å². The number of carbonyl (C=O) groups is 2. The molecule has 2 aliphatic heterocycles. The molecule has 3 aromatic rings. The first-order valence-corrected chi connectivity index (χ1v) is 10.1. The van der Waals surface area contributed by atoms with Crippen molar-refractivity contribution in [3.05, 3.63) is 65.5 Å². The lowest BCUT2D eigenvalue weighted by Crippen LogP contribution is -2.39. The van der Waals surface area contributed by atoms with Gasteiger partial charge in [-0.25, -0.2) is 4.90 Å². The van der Waals surface area contributed by atoms with Crippen molar-refractivity contribution in [1.82, 2.24) is 15.1 Å². The van der Waals surface area contributed by atoms with E-state index in [0.717, 1.165) is 23.1 Å². The molecule has 0 bridgehead atoms. The van der Waals surface area contributed by atoms with Gasteiger partial charge in [-0.15, -0.1) is 0 Å². The molecule has 5 rings (SSSR count). The Bertz CT molecular complexity index is 1170. The third-order valence-electron chi connectivity index (χ3n) is 5.54. The second kappa shape index (κ2) is 7.42. The van der Waals surface area contributed by atoms with Gasteiger partial charge < -0.3 is 4.52 Å². The number of benzene rings is 2. The summed E-state index contributed by atoms with van der Waals surface area (Å²) in [6.45, 7) is 4.14. The number of nitrogens with zero attached hydrogens (tertiary/aromatic N) is 6. The summed E-state index contributed by atoms with van der Waals surface area (Å²) in [6, 6.07) is 13.5. The summed E-state index contributed by atoms with van der Waals surface area (Å²) in [5.74, 6) is 0.00853. The van der Waals surface area contributed by atoms with Crippen molar-refractivity contribution in [3.63, 3.8) is 0 Å². The molecule has 0 aliphatic carbocycles. The van der Waals surface area contributed by atoms with Crippen LogP contribution in [0, 0.1) is 6.92 Å². The maximum Gasteiger partial charge on any atom is 0.263 e. The van der Waals surface area contributed by atoms with Crippen LogP contribution in [-0.2, 0) is 22.6 Å². The molecule has 0 saturated carbocycles. The molecule has 3 heterocycles. The summed E-state index contributed by atoms with van der Waals surface area (Å²) >= 11 is 0. The highest BCUT2D eigenvalue weighted by Gasteiger charge is 2.55. The van der Waals surface area contributed by atoms with Gasteiger partial charge in [-0.05, 0) is 31.0 Å². The molecule has 9 heteroatoms. The first-order valence-electron chi connectivity index (χ1n) is 10.1. The van der Waals surface area contributed by atoms with E-state index in [1.807, 2.05) is 50.2 Å². The molecule has 1 aromatic heterocycles. The van der Waals surface area contributed by atoms with Crippen LogP contribution in [-0.4, -0.2) is 39.0 Å². The van der Waals surface area contributed by atoms with E-state index in [1.165, 1.54) is 9.91 Å². The molecule has 9 nitrogen and oxygen atoms in total. The lowest BCUT2D eigenvalue weighted by molar-refractivity contribution is -0.123. The Morgan fingerprint density at radius 1 is 1.00 bits per heavy atom. The average molecular weight is 416 g/mol. The zero-order valence-corrected chi connectivity index (χ0v) is 17.1. The molecule has 2 aliphatic rings. The molecular weight excluding hydrogens is 396 g/mol. The molecule has 2 atom stereocenters. The predicted octanol–water partition coefficient (Wildman–Crippen LogP) is 3.10. The summed E-state index contributed by atoms with van der Waals surface area (Å²) in [7, 11) is 0. The Morgan fingerprint density at radius 2 is 1.74 bits per heavy atom. The summed E-state index contributed by atoms with van der Waals surface area (Å²) in [6.07, 6.45) is 0.879. The standard InChI is InChI=1S/C22H20N6O3/c1-3-14-6-10-16(11-7-14)28-21(29)18-19(22(28)30)27(26-24-18)12-17-23-20(25-31-17)15-8-4-13(2)5-9-15/h4-11,18-19H,3,12H2,1-2H3/t18-,19-/m1/s1. The second-order valence-electron chi connectivity index (χ2n) is 7.60. The summed E-state index contributed by atoms with van der Waals surface area (Å²) in [5.41, 5.74) is 3.63. The van der Waals surface area contributed by atoms with Crippen molar-refractivity contribution in [1.29, 1.82) is 0 Å². The smallest absolute Gasteiger partial charge is 0.263 e. The molecule has 156 valence electrons. The van der Waals surface area contributed by atoms with Crippen molar-refractivity contribution in [2.75, 3.05) is 4.90 Å². The van der Waals surface area contributed by atoms with E-state index in [9.17, 15) is 9.59 Å². The molecule has 0 radical (unpaired) electrons. The quantitative estimate of drug-likeness (QED) is 0.592. The minimum absolute atomic E-state index is 0.0885. The van der Waals surface area contributed by atoms with Gasteiger partial charge in [0.05, 0.1) is 5.69 Å². The molecule has 1 saturated heterocycles. The zero-order valence-electron chi connectivity index (χ0n) is 17.1. The van der Waals surface area contributed by atoms with E-state index in [2.05, 4.69) is 20.5 Å². The molecule has 1 fully saturated rings. The summed E-state index contributed by atoms with van der Waals surface area (Å²) < 4.78 is 5.34. The molecule has 0 unspecified atom stereocenters. The molecular formula is C22H20N6O3. The van der Waals surface area contributed by atoms with Crippen LogP contribution >= 0.6 is 0 Å². The van der Waals surface area contributed by atoms with Crippen molar-refractivity contribution in [2.45, 2.75) is 38.9 Å². The Hall–Kier alpha value is -3.88. The van der Waals surface area contributed by atoms with Crippen LogP contribution in [0.5, 0.6) is 0 Å². The summed E-state index contributed by atoms with van der Waals surface area (Å²) in [4.78, 5) is 31.5. The molecule has 2 amide bonds. The lowest BCUT2D eigenvalue weighted by atomic mass is 10.1. The van der Waals surface area contributed by atoms with E-state index in [1.54, 1.807) is 12.1 Å². The Balaban J connectivity index is 1.34. The van der Waals surface area contributed by atoms with E-state index < -0.39 is 12.1 Å². The Kier molecular flexibility index (Phi) is 4.58. The van der Waals surface area contributed by atoms with Gasteiger partial charge in [-0.1, -0.05) is 59.3 Å². The number of aromatic nitrogens is 2. The third kappa shape index (κ3) is 3.27. The van der Waals surface area contributed by atoms with Crippen molar-refractivity contribution in [2.24, 2.45) is 10.3 Å². The number of hydrogen-bond donors (Lipinski definition) is 0. The topological polar surface area (TPSA) is 104 Å². The fourth-order valence-electron chi connectivity index (χ4n) is 3.77. The number of carbonyl (C=O) groups excluding carboxylic acids is 2. The van der Waals surface area contributed by atoms with Crippen molar-refractivity contribution < 1.29 is 14.1 Å². The first kappa shape index (κ1) is 19.1. The van der Waals surface area contributed by atoms with Gasteiger partial charge in [0.25, 0.3) is 11.8 Å². The molecule has 0 spiro atoms. The first-order chi connectivity index (χ1) is 15.0. The molecule has 31 heavy (non-hydrogen) atoms. The van der Waals surface area contributed by atoms with Gasteiger partial charge in [0.2, 0.25) is 11.7 Å². The van der Waals surface area contributed by atoms with E-state index in [-0.39, 0.29) is 18.4 Å². The second-order valence-corrected chi connectivity index (χ2v) is 7.60. The van der Waals surface area contributed by atoms with Crippen LogP contribution in [0.3, 0.4) is 0 Å². The molecule has 0 N–H and O–H groups in total. The Labute approximate surface area is 178 Å². The number of aryl methyl sites for hydroxylation is 2. The maximum absolute atomic E-state index is 13.1. The van der Waals surface area contributed by atoms with Crippen LogP contribution in [0.2, 0.25) is 0 Å². The SMILES string of the molecule is CCc1ccc(N2C(=O)[C@@H]3N=NN(Cc4nc(-c5ccc(C)cc5)no4)[C@H]3C2=O)cc1. The van der Waals surface area contributed by atoms with Crippen LogP contribution in [0.1, 0.15) is 23.9 Å². The van der Waals surface area contributed by atoms with Crippen LogP contribution in [0.25, 0.3) is 11.4 Å². The van der Waals surface area contributed by atoms with Gasteiger partial charge >= 0.3 is 0 Å². The van der Waals surface area contributed by atoms with Gasteiger partial charge in [0.15, 0.2) is 12.1 Å². The molecule has 2 aromatic carbocycles. The fraction of sp³-hybridized carbons (Fsp3) is 0.273. The minimum atomic E-state index is -0.863. The van der Waals surface area contributed by atoms with Crippen molar-refractivity contribution in [3.8, 4) is 11.4 Å². The highest BCUT2D eigenvalue weighted by Crippen LogP contribution is 2.33. The largest absolute Gasteiger partial charge is 0.337 e. The van der Waals surface area contributed by atoms with E-state index in [0.29, 0.717) is 17.4 Å². The van der Waals surface area contributed by atoms with Gasteiger partial charge in [0.1, 0.15) is 6.54 Å². The number of amides is 2. The van der Waals surface area contributed by atoms with Gasteiger partial charge in [-0.2, -0.15) is 10.1 Å². The maximum atomic E-state index is 13.1. The van der Waals surface area contributed by atoms with E-state index >= 15 is 0 Å². The number of imide groups is 1. The monoisotopic (exact) mass is 416 g/mol. The third-order valence-corrected chi connectivity index (χ3v) is 5.54. The lowest BCUT2D eigenvalue weighted by Gasteiger charge is -2.19. The number of rotatable bonds is 5. The van der Waals surface area contributed by atoms with Gasteiger partial charge in [-0.3, -0.25) is 14.6 Å². The Morgan fingerprint density at radius 3 is 2.45 bits per heavy atom. The predicted molar refractivity (Wildman–Crippen MR) is 111 cm³/mol. The fourth-order valence-corrected chi connectivity index (χ4v) is 3.77. The van der Waals surface area contributed by atoms with Crippen LogP contribution in [0.15, 0.2) is 63.4 Å². The van der Waals surface area contributed by atoms with E-state index in [4.69, 9.17) is 4.52 Å². The van der Waals surface area contributed by atoms with Crippen molar-refractivity contribution >= 4 is 17.5 Å². The highest BCUT2D eigenvalue weighted by atomic mass is 16.5. The number of anilines is 1. The van der Waals surface area contributed by atoms with Crippen LogP contribution < -0.4 is 4.90 Å². The number of hydrogen-bond acceptors (Lipinski definition) is 8. The average Bonchev–Trinajstić information content (AvgIpc) is 3.47. The highest BCUT2D eigenvalue weighted by molar-refractivity contribution is 6.25. The summed E-state index contributed by atoms with van der Waals surface area (Å²) in [5, 5.41) is 13.5. The zero-order chi connectivity index (χ0) is 21.5. The number of fused-ring (bicyclic) bond motifs is 1. The minimum Gasteiger partial charge on any atom is -0.337 e. The van der Waals surface area contributed by atoms with Gasteiger partial charge in [0, 0.05) is 5.56 Å².